The monoisotopic (exact) mass is 357 g/mol. The van der Waals surface area contributed by atoms with Crippen LogP contribution >= 0.6 is 0 Å². The Bertz CT molecular complexity index is 521. The van der Waals surface area contributed by atoms with Gasteiger partial charge >= 0.3 is 0 Å². The standard InChI is InChI=1S/C13H20.C7H12.C5H11N/c1-7-12(11(2)3)9-8-10-13(4,5)6;1-6(2)5-7(3)4;1-4-5(2)6-3/h7-10H,1-2H2,3-6H3;5H,1H2,2-4H3;6H,2,4H2,1,3H3/b10-8+,12-9+;;. The predicted molar refractivity (Wildman–Crippen MR) is 124 cm³/mol. The maximum absolute atomic E-state index is 3.87. The summed E-state index contributed by atoms with van der Waals surface area (Å²) >= 11 is 0. The molecule has 0 fully saturated rings. The fourth-order valence-electron chi connectivity index (χ4n) is 1.49. The van der Waals surface area contributed by atoms with Gasteiger partial charge in [0.2, 0.25) is 0 Å². The van der Waals surface area contributed by atoms with E-state index in [1.54, 1.807) is 0 Å². The lowest BCUT2D eigenvalue weighted by molar-refractivity contribution is 0.544. The van der Waals surface area contributed by atoms with Crippen LogP contribution < -0.4 is 5.32 Å². The third kappa shape index (κ3) is 26.9. The van der Waals surface area contributed by atoms with Crippen LogP contribution in [0.1, 0.15) is 61.8 Å². The molecular weight excluding hydrogens is 314 g/mol. The normalized spacial score (nSPS) is 10.6. The van der Waals surface area contributed by atoms with Crippen molar-refractivity contribution in [3.05, 3.63) is 84.7 Å². The van der Waals surface area contributed by atoms with Crippen LogP contribution in [0.3, 0.4) is 0 Å². The summed E-state index contributed by atoms with van der Waals surface area (Å²) in [6.07, 6.45) is 11.2. The highest BCUT2D eigenvalue weighted by Gasteiger charge is 2.02. The average Bonchev–Trinajstić information content (AvgIpc) is 2.49. The molecule has 1 nitrogen and oxygen atoms in total. The quantitative estimate of drug-likeness (QED) is 0.476. The zero-order valence-electron chi connectivity index (χ0n) is 18.9. The van der Waals surface area contributed by atoms with Gasteiger partial charge < -0.3 is 5.32 Å². The molecule has 0 aliphatic heterocycles. The van der Waals surface area contributed by atoms with Crippen molar-refractivity contribution in [2.45, 2.75) is 61.8 Å². The van der Waals surface area contributed by atoms with Crippen LogP contribution in [0.2, 0.25) is 0 Å². The van der Waals surface area contributed by atoms with E-state index in [0.717, 1.165) is 28.8 Å². The minimum absolute atomic E-state index is 0.234. The summed E-state index contributed by atoms with van der Waals surface area (Å²) in [7, 11) is 1.88. The Morgan fingerprint density at radius 1 is 1.00 bits per heavy atom. The van der Waals surface area contributed by atoms with Crippen molar-refractivity contribution in [1.82, 2.24) is 5.32 Å². The maximum atomic E-state index is 3.87. The molecule has 0 aliphatic carbocycles. The number of nitrogens with one attached hydrogen (secondary N) is 1. The minimum Gasteiger partial charge on any atom is -0.392 e. The lowest BCUT2D eigenvalue weighted by atomic mass is 9.96. The van der Waals surface area contributed by atoms with Crippen molar-refractivity contribution in [2.24, 2.45) is 5.41 Å². The van der Waals surface area contributed by atoms with Gasteiger partial charge in [-0.25, -0.2) is 0 Å². The van der Waals surface area contributed by atoms with Crippen LogP contribution in [0.4, 0.5) is 0 Å². The number of rotatable bonds is 6. The van der Waals surface area contributed by atoms with Gasteiger partial charge in [-0.15, -0.1) is 0 Å². The van der Waals surface area contributed by atoms with Gasteiger partial charge in [0, 0.05) is 12.7 Å². The second-order valence-electron chi connectivity index (χ2n) is 7.61. The van der Waals surface area contributed by atoms with Crippen LogP contribution in [0.25, 0.3) is 0 Å². The number of hydrogen-bond acceptors (Lipinski definition) is 1. The van der Waals surface area contributed by atoms with Crippen molar-refractivity contribution < 1.29 is 0 Å². The SMILES string of the molecule is C=C(C)C=C(C)C.C=C(CC)NC.C=C/C(=C\C=C\C(C)(C)C)C(=C)C. The molecule has 0 aromatic rings. The van der Waals surface area contributed by atoms with Crippen LogP contribution in [-0.2, 0) is 0 Å². The summed E-state index contributed by atoms with van der Waals surface area (Å²) < 4.78 is 0. The molecule has 0 saturated carbocycles. The number of allylic oxidation sites excluding steroid dienone is 10. The second-order valence-corrected chi connectivity index (χ2v) is 7.61. The van der Waals surface area contributed by atoms with Crippen molar-refractivity contribution in [3.8, 4) is 0 Å². The first-order valence-electron chi connectivity index (χ1n) is 9.14. The van der Waals surface area contributed by atoms with Gasteiger partial charge in [-0.05, 0) is 45.1 Å². The van der Waals surface area contributed by atoms with E-state index < -0.39 is 0 Å². The molecule has 0 heterocycles. The molecule has 0 atom stereocenters. The van der Waals surface area contributed by atoms with Crippen molar-refractivity contribution >= 4 is 0 Å². The molecule has 0 radical (unpaired) electrons. The second kappa shape index (κ2) is 16.4. The summed E-state index contributed by atoms with van der Waals surface area (Å²) in [4.78, 5) is 0. The van der Waals surface area contributed by atoms with E-state index in [1.807, 2.05) is 33.0 Å². The van der Waals surface area contributed by atoms with E-state index in [4.69, 9.17) is 0 Å². The summed E-state index contributed by atoms with van der Waals surface area (Å²) in [5, 5.41) is 2.92. The van der Waals surface area contributed by atoms with Gasteiger partial charge in [0.1, 0.15) is 0 Å². The van der Waals surface area contributed by atoms with Crippen LogP contribution in [0, 0.1) is 5.41 Å². The van der Waals surface area contributed by atoms with Crippen molar-refractivity contribution in [1.29, 1.82) is 0 Å². The highest BCUT2D eigenvalue weighted by atomic mass is 14.8. The molecule has 0 amide bonds. The van der Waals surface area contributed by atoms with Gasteiger partial charge in [0.05, 0.1) is 0 Å². The summed E-state index contributed by atoms with van der Waals surface area (Å²) in [6, 6.07) is 0. The third-order valence-corrected chi connectivity index (χ3v) is 2.90. The molecule has 26 heavy (non-hydrogen) atoms. The van der Waals surface area contributed by atoms with Gasteiger partial charge in [0.25, 0.3) is 0 Å². The van der Waals surface area contributed by atoms with Gasteiger partial charge in [-0.3, -0.25) is 0 Å². The van der Waals surface area contributed by atoms with E-state index in [1.165, 1.54) is 5.57 Å². The molecule has 0 rings (SSSR count). The van der Waals surface area contributed by atoms with E-state index >= 15 is 0 Å². The first-order chi connectivity index (χ1) is 11.8. The molecule has 0 spiro atoms. The topological polar surface area (TPSA) is 12.0 Å². The minimum atomic E-state index is 0.234. The van der Waals surface area contributed by atoms with Crippen LogP contribution in [0.15, 0.2) is 84.7 Å². The van der Waals surface area contributed by atoms with E-state index in [0.29, 0.717) is 0 Å². The molecule has 0 unspecified atom stereocenters. The third-order valence-electron chi connectivity index (χ3n) is 2.90. The maximum Gasteiger partial charge on any atom is 0.00300 e. The lowest BCUT2D eigenvalue weighted by Crippen LogP contribution is -2.01. The summed E-state index contributed by atoms with van der Waals surface area (Å²) in [5.74, 6) is 0. The van der Waals surface area contributed by atoms with Gasteiger partial charge in [0.15, 0.2) is 0 Å². The zero-order valence-corrected chi connectivity index (χ0v) is 18.9. The molecule has 148 valence electrons. The highest BCUT2D eigenvalue weighted by Crippen LogP contribution is 2.15. The Morgan fingerprint density at radius 3 is 1.65 bits per heavy atom. The Kier molecular flexibility index (Phi) is 18.2. The van der Waals surface area contributed by atoms with E-state index in [2.05, 4.69) is 91.4 Å². The Labute approximate surface area is 164 Å². The van der Waals surface area contributed by atoms with Gasteiger partial charge in [-0.1, -0.05) is 101 Å². The molecule has 0 aromatic carbocycles. The Morgan fingerprint density at radius 2 is 1.50 bits per heavy atom. The zero-order chi connectivity index (χ0) is 21.3. The summed E-state index contributed by atoms with van der Waals surface area (Å²) in [6.45, 7) is 31.7. The van der Waals surface area contributed by atoms with E-state index in [9.17, 15) is 0 Å². The fourth-order valence-corrected chi connectivity index (χ4v) is 1.49. The van der Waals surface area contributed by atoms with Crippen LogP contribution in [0.5, 0.6) is 0 Å². The predicted octanol–water partition coefficient (Wildman–Crippen LogP) is 7.94. The molecular formula is C25H43N. The van der Waals surface area contributed by atoms with Crippen molar-refractivity contribution in [3.63, 3.8) is 0 Å². The molecule has 1 N–H and O–H groups in total. The lowest BCUT2D eigenvalue weighted by Gasteiger charge is -2.10. The highest BCUT2D eigenvalue weighted by molar-refractivity contribution is 5.38. The number of hydrogen-bond donors (Lipinski definition) is 1. The van der Waals surface area contributed by atoms with E-state index in [-0.39, 0.29) is 5.41 Å². The first kappa shape index (κ1) is 28.8. The van der Waals surface area contributed by atoms with Crippen molar-refractivity contribution in [2.75, 3.05) is 7.05 Å². The summed E-state index contributed by atoms with van der Waals surface area (Å²) in [5.41, 5.74) is 5.91. The first-order valence-corrected chi connectivity index (χ1v) is 9.14. The Balaban J connectivity index is -0.000000342. The van der Waals surface area contributed by atoms with Crippen LogP contribution in [-0.4, -0.2) is 7.05 Å². The molecule has 0 saturated heterocycles. The Hall–Kier alpha value is -2.02. The smallest absolute Gasteiger partial charge is 0.00300 e. The molecule has 0 aliphatic rings. The largest absolute Gasteiger partial charge is 0.392 e. The fraction of sp³-hybridized carbons (Fsp3) is 0.440. The average molecular weight is 358 g/mol. The van der Waals surface area contributed by atoms with Gasteiger partial charge in [-0.2, -0.15) is 0 Å². The molecule has 1 heteroatoms. The molecule has 0 aromatic heterocycles. The molecule has 0 bridgehead atoms.